The molecule has 2 N–H and O–H groups in total. The SMILES string of the molecule is CCOC(=O)c1cc(CC)sc1NC(=O)CCCC(=O)O. The molecule has 6 nitrogen and oxygen atoms in total. The van der Waals surface area contributed by atoms with Crippen molar-refractivity contribution < 1.29 is 24.2 Å². The molecule has 1 heterocycles. The first-order chi connectivity index (χ1) is 9.97. The number of carbonyl (C=O) groups is 3. The van der Waals surface area contributed by atoms with Crippen LogP contribution in [-0.4, -0.2) is 29.6 Å². The van der Waals surface area contributed by atoms with E-state index in [2.05, 4.69) is 5.32 Å². The number of anilines is 1. The van der Waals surface area contributed by atoms with Crippen molar-refractivity contribution in [3.8, 4) is 0 Å². The van der Waals surface area contributed by atoms with Crippen LogP contribution in [0.25, 0.3) is 0 Å². The molecule has 0 aliphatic heterocycles. The topological polar surface area (TPSA) is 92.7 Å². The number of carboxylic acid groups (broad SMARTS) is 1. The molecule has 0 fully saturated rings. The van der Waals surface area contributed by atoms with Gasteiger partial charge in [-0.15, -0.1) is 11.3 Å². The Balaban J connectivity index is 2.72. The highest BCUT2D eigenvalue weighted by Gasteiger charge is 2.18. The summed E-state index contributed by atoms with van der Waals surface area (Å²) in [5.41, 5.74) is 0.352. The predicted octanol–water partition coefficient (Wildman–Crippen LogP) is 2.68. The van der Waals surface area contributed by atoms with Crippen molar-refractivity contribution in [2.24, 2.45) is 0 Å². The molecule has 0 aromatic carbocycles. The highest BCUT2D eigenvalue weighted by Crippen LogP contribution is 2.29. The van der Waals surface area contributed by atoms with E-state index in [4.69, 9.17) is 9.84 Å². The van der Waals surface area contributed by atoms with Crippen molar-refractivity contribution in [3.63, 3.8) is 0 Å². The molecule has 21 heavy (non-hydrogen) atoms. The van der Waals surface area contributed by atoms with Crippen LogP contribution in [0.5, 0.6) is 0 Å². The van der Waals surface area contributed by atoms with Crippen LogP contribution in [0.1, 0.15) is 48.3 Å². The van der Waals surface area contributed by atoms with Crippen molar-refractivity contribution in [3.05, 3.63) is 16.5 Å². The lowest BCUT2D eigenvalue weighted by Crippen LogP contribution is -2.14. The van der Waals surface area contributed by atoms with Crippen molar-refractivity contribution in [2.75, 3.05) is 11.9 Å². The maximum atomic E-state index is 11.8. The van der Waals surface area contributed by atoms with Crippen molar-refractivity contribution in [1.29, 1.82) is 0 Å². The maximum absolute atomic E-state index is 11.8. The van der Waals surface area contributed by atoms with Gasteiger partial charge < -0.3 is 15.2 Å². The normalized spacial score (nSPS) is 10.2. The molecule has 0 unspecified atom stereocenters. The number of hydrogen-bond donors (Lipinski definition) is 2. The van der Waals surface area contributed by atoms with E-state index < -0.39 is 11.9 Å². The number of hydrogen-bond acceptors (Lipinski definition) is 5. The van der Waals surface area contributed by atoms with Gasteiger partial charge in [0.1, 0.15) is 5.00 Å². The zero-order valence-corrected chi connectivity index (χ0v) is 12.9. The Kier molecular flexibility index (Phi) is 6.87. The molecule has 7 heteroatoms. The molecule has 0 atom stereocenters. The van der Waals surface area contributed by atoms with Crippen LogP contribution in [0, 0.1) is 0 Å². The molecular weight excluding hydrogens is 294 g/mol. The number of carbonyl (C=O) groups excluding carboxylic acids is 2. The Bertz CT molecular complexity index is 523. The third-order valence-corrected chi connectivity index (χ3v) is 3.87. The number of amides is 1. The van der Waals surface area contributed by atoms with E-state index >= 15 is 0 Å². The lowest BCUT2D eigenvalue weighted by Gasteiger charge is -2.05. The van der Waals surface area contributed by atoms with Crippen molar-refractivity contribution in [2.45, 2.75) is 39.5 Å². The summed E-state index contributed by atoms with van der Waals surface area (Å²) in [6, 6.07) is 1.72. The van der Waals surface area contributed by atoms with Crippen LogP contribution in [0.3, 0.4) is 0 Å². The van der Waals surface area contributed by atoms with Crippen LogP contribution >= 0.6 is 11.3 Å². The molecule has 0 radical (unpaired) electrons. The number of nitrogens with one attached hydrogen (secondary N) is 1. The highest BCUT2D eigenvalue weighted by molar-refractivity contribution is 7.16. The smallest absolute Gasteiger partial charge is 0.341 e. The number of esters is 1. The molecule has 116 valence electrons. The van der Waals surface area contributed by atoms with Crippen LogP contribution in [-0.2, 0) is 20.7 Å². The number of thiophene rings is 1. The minimum atomic E-state index is -0.931. The van der Waals surface area contributed by atoms with Gasteiger partial charge in [-0.25, -0.2) is 4.79 Å². The molecule has 0 saturated carbocycles. The van der Waals surface area contributed by atoms with Gasteiger partial charge in [-0.05, 0) is 25.8 Å². The number of carboxylic acids is 1. The number of aryl methyl sites for hydroxylation is 1. The number of rotatable bonds is 8. The number of ether oxygens (including phenoxy) is 1. The Labute approximate surface area is 127 Å². The summed E-state index contributed by atoms with van der Waals surface area (Å²) in [5, 5.41) is 11.7. The summed E-state index contributed by atoms with van der Waals surface area (Å²) in [6.45, 7) is 3.94. The summed E-state index contributed by atoms with van der Waals surface area (Å²) >= 11 is 1.33. The van der Waals surface area contributed by atoms with Crippen LogP contribution in [0.4, 0.5) is 5.00 Å². The summed E-state index contributed by atoms with van der Waals surface area (Å²) in [4.78, 5) is 35.0. The molecule has 1 amide bonds. The Morgan fingerprint density at radius 1 is 1.29 bits per heavy atom. The van der Waals surface area contributed by atoms with Gasteiger partial charge in [0.2, 0.25) is 5.91 Å². The summed E-state index contributed by atoms with van der Waals surface area (Å²) in [6.07, 6.45) is 1.07. The minimum Gasteiger partial charge on any atom is -0.481 e. The minimum absolute atomic E-state index is 0.0528. The quantitative estimate of drug-likeness (QED) is 0.720. The molecule has 0 aliphatic carbocycles. The highest BCUT2D eigenvalue weighted by atomic mass is 32.1. The third-order valence-electron chi connectivity index (χ3n) is 2.67. The second-order valence-electron chi connectivity index (χ2n) is 4.33. The fraction of sp³-hybridized carbons (Fsp3) is 0.500. The summed E-state index contributed by atoms with van der Waals surface area (Å²) in [7, 11) is 0. The van der Waals surface area contributed by atoms with Crippen LogP contribution in [0.2, 0.25) is 0 Å². The molecule has 0 spiro atoms. The lowest BCUT2D eigenvalue weighted by molar-refractivity contribution is -0.137. The van der Waals surface area contributed by atoms with E-state index in [1.165, 1.54) is 11.3 Å². The molecule has 1 rings (SSSR count). The lowest BCUT2D eigenvalue weighted by atomic mass is 10.2. The molecular formula is C14H19NO5S. The Morgan fingerprint density at radius 2 is 2.00 bits per heavy atom. The third kappa shape index (κ3) is 5.55. The molecule has 1 aromatic rings. The first-order valence-corrected chi connectivity index (χ1v) is 7.61. The summed E-state index contributed by atoms with van der Waals surface area (Å²) < 4.78 is 4.96. The van der Waals surface area contributed by atoms with E-state index in [1.54, 1.807) is 13.0 Å². The molecule has 0 bridgehead atoms. The van der Waals surface area contributed by atoms with Gasteiger partial charge in [0.05, 0.1) is 12.2 Å². The fourth-order valence-corrected chi connectivity index (χ4v) is 2.66. The largest absolute Gasteiger partial charge is 0.481 e. The van der Waals surface area contributed by atoms with Crippen molar-refractivity contribution in [1.82, 2.24) is 0 Å². The van der Waals surface area contributed by atoms with Gasteiger partial charge in [0, 0.05) is 17.7 Å². The first kappa shape index (κ1) is 17.2. The van der Waals surface area contributed by atoms with Gasteiger partial charge in [0.15, 0.2) is 0 Å². The van der Waals surface area contributed by atoms with Gasteiger partial charge in [-0.1, -0.05) is 6.92 Å². The van der Waals surface area contributed by atoms with Crippen LogP contribution < -0.4 is 5.32 Å². The predicted molar refractivity (Wildman–Crippen MR) is 79.8 cm³/mol. The average Bonchev–Trinajstić information content (AvgIpc) is 2.81. The summed E-state index contributed by atoms with van der Waals surface area (Å²) in [5.74, 6) is -1.69. The van der Waals surface area contributed by atoms with Gasteiger partial charge in [-0.3, -0.25) is 9.59 Å². The number of aliphatic carboxylic acids is 1. The van der Waals surface area contributed by atoms with Crippen molar-refractivity contribution >= 4 is 34.2 Å². The van der Waals surface area contributed by atoms with Crippen LogP contribution in [0.15, 0.2) is 6.07 Å². The van der Waals surface area contributed by atoms with Gasteiger partial charge >= 0.3 is 11.9 Å². The standard InChI is InChI=1S/C14H19NO5S/c1-3-9-8-10(14(19)20-4-2)13(21-9)15-11(16)6-5-7-12(17)18/h8H,3-7H2,1-2H3,(H,15,16)(H,17,18). The average molecular weight is 313 g/mol. The van der Waals surface area contributed by atoms with Gasteiger partial charge in [-0.2, -0.15) is 0 Å². The van der Waals surface area contributed by atoms with E-state index in [0.29, 0.717) is 10.6 Å². The Morgan fingerprint density at radius 3 is 2.57 bits per heavy atom. The zero-order chi connectivity index (χ0) is 15.8. The fourth-order valence-electron chi connectivity index (χ4n) is 1.66. The molecule has 0 saturated heterocycles. The van der Waals surface area contributed by atoms with E-state index in [1.807, 2.05) is 6.92 Å². The first-order valence-electron chi connectivity index (χ1n) is 6.79. The molecule has 0 aliphatic rings. The van der Waals surface area contributed by atoms with E-state index in [-0.39, 0.29) is 31.8 Å². The Hall–Kier alpha value is -1.89. The van der Waals surface area contributed by atoms with E-state index in [9.17, 15) is 14.4 Å². The zero-order valence-electron chi connectivity index (χ0n) is 12.1. The monoisotopic (exact) mass is 313 g/mol. The second kappa shape index (κ2) is 8.41. The van der Waals surface area contributed by atoms with E-state index in [0.717, 1.165) is 11.3 Å². The van der Waals surface area contributed by atoms with Gasteiger partial charge in [0.25, 0.3) is 0 Å². The second-order valence-corrected chi connectivity index (χ2v) is 5.46. The maximum Gasteiger partial charge on any atom is 0.341 e. The molecule has 1 aromatic heterocycles.